The third-order valence-electron chi connectivity index (χ3n) is 4.41. The van der Waals surface area contributed by atoms with E-state index in [9.17, 15) is 4.79 Å². The van der Waals surface area contributed by atoms with Crippen LogP contribution in [-0.2, 0) is 4.79 Å². The van der Waals surface area contributed by atoms with Gasteiger partial charge in [0.1, 0.15) is 0 Å². The van der Waals surface area contributed by atoms with E-state index < -0.39 is 0 Å². The molecule has 1 amide bonds. The summed E-state index contributed by atoms with van der Waals surface area (Å²) in [7, 11) is 3.96. The Kier molecular flexibility index (Phi) is 10.3. The van der Waals surface area contributed by atoms with Gasteiger partial charge < -0.3 is 15.5 Å². The number of amides is 1. The third-order valence-corrected chi connectivity index (χ3v) is 4.41. The number of carbonyl (C=O) groups is 1. The zero-order valence-corrected chi connectivity index (χ0v) is 15.6. The summed E-state index contributed by atoms with van der Waals surface area (Å²) in [6, 6.07) is 10.4. The van der Waals surface area contributed by atoms with Crippen molar-refractivity contribution in [1.29, 1.82) is 0 Å². The van der Waals surface area contributed by atoms with E-state index in [4.69, 9.17) is 5.73 Å². The Bertz CT molecular complexity index is 458. The predicted octanol–water partition coefficient (Wildman–Crippen LogP) is 2.94. The van der Waals surface area contributed by atoms with Crippen LogP contribution in [0.2, 0.25) is 0 Å². The molecule has 132 valence electrons. The number of hydrogen-bond acceptors (Lipinski definition) is 3. The lowest BCUT2D eigenvalue weighted by atomic mass is 9.85. The lowest BCUT2D eigenvalue weighted by Gasteiger charge is -2.30. The molecule has 2 unspecified atom stereocenters. The highest BCUT2D eigenvalue weighted by atomic mass is 35.5. The SMILES string of the molecule is CN(CCN(C)c1ccccc1)C(=O)C1CCCC(N)C1.Cl.Cl. The molecule has 0 heterocycles. The first-order valence-corrected chi connectivity index (χ1v) is 7.84. The Morgan fingerprint density at radius 2 is 1.78 bits per heavy atom. The molecule has 1 aliphatic carbocycles. The molecule has 23 heavy (non-hydrogen) atoms. The minimum absolute atomic E-state index is 0. The van der Waals surface area contributed by atoms with Crippen LogP contribution >= 0.6 is 24.8 Å². The summed E-state index contributed by atoms with van der Waals surface area (Å²) in [4.78, 5) is 16.5. The normalized spacial score (nSPS) is 20.0. The molecule has 4 nitrogen and oxygen atoms in total. The first-order chi connectivity index (χ1) is 10.1. The minimum atomic E-state index is 0. The van der Waals surface area contributed by atoms with Crippen molar-refractivity contribution in [3.63, 3.8) is 0 Å². The number of carbonyl (C=O) groups excluding carboxylic acids is 1. The zero-order chi connectivity index (χ0) is 15.2. The molecule has 1 fully saturated rings. The summed E-state index contributed by atoms with van der Waals surface area (Å²) in [5.41, 5.74) is 7.16. The van der Waals surface area contributed by atoms with Crippen LogP contribution in [0.5, 0.6) is 0 Å². The van der Waals surface area contributed by atoms with E-state index in [0.29, 0.717) is 0 Å². The number of para-hydroxylation sites is 1. The van der Waals surface area contributed by atoms with Crippen LogP contribution in [0.1, 0.15) is 25.7 Å². The second-order valence-electron chi connectivity index (χ2n) is 6.14. The van der Waals surface area contributed by atoms with Crippen molar-refractivity contribution in [2.24, 2.45) is 11.7 Å². The van der Waals surface area contributed by atoms with Gasteiger partial charge in [-0.25, -0.2) is 0 Å². The van der Waals surface area contributed by atoms with Crippen LogP contribution in [0, 0.1) is 5.92 Å². The van der Waals surface area contributed by atoms with Gasteiger partial charge in [0.25, 0.3) is 0 Å². The third kappa shape index (κ3) is 6.58. The van der Waals surface area contributed by atoms with Gasteiger partial charge in [0, 0.05) is 44.8 Å². The van der Waals surface area contributed by atoms with Crippen molar-refractivity contribution in [3.05, 3.63) is 30.3 Å². The first kappa shape index (κ1) is 22.0. The lowest BCUT2D eigenvalue weighted by Crippen LogP contribution is -2.41. The van der Waals surface area contributed by atoms with Gasteiger partial charge >= 0.3 is 0 Å². The van der Waals surface area contributed by atoms with Gasteiger partial charge in [-0.3, -0.25) is 4.79 Å². The molecule has 0 aromatic heterocycles. The van der Waals surface area contributed by atoms with E-state index >= 15 is 0 Å². The summed E-state index contributed by atoms with van der Waals surface area (Å²) in [5.74, 6) is 0.382. The molecule has 1 saturated carbocycles. The molecule has 1 aliphatic rings. The van der Waals surface area contributed by atoms with Crippen molar-refractivity contribution >= 4 is 36.4 Å². The average Bonchev–Trinajstić information content (AvgIpc) is 2.52. The van der Waals surface area contributed by atoms with Gasteiger partial charge in [-0.1, -0.05) is 24.6 Å². The highest BCUT2D eigenvalue weighted by Crippen LogP contribution is 2.24. The molecular weight excluding hydrogens is 333 g/mol. The monoisotopic (exact) mass is 361 g/mol. The molecule has 2 N–H and O–H groups in total. The van der Waals surface area contributed by atoms with E-state index in [1.54, 1.807) is 0 Å². The van der Waals surface area contributed by atoms with E-state index in [1.165, 1.54) is 5.69 Å². The van der Waals surface area contributed by atoms with Crippen molar-refractivity contribution in [1.82, 2.24) is 4.90 Å². The van der Waals surface area contributed by atoms with E-state index in [2.05, 4.69) is 24.1 Å². The number of likely N-dealkylation sites (N-methyl/N-ethyl adjacent to an activating group) is 2. The van der Waals surface area contributed by atoms with Crippen LogP contribution in [-0.4, -0.2) is 44.0 Å². The van der Waals surface area contributed by atoms with Crippen molar-refractivity contribution in [2.75, 3.05) is 32.1 Å². The van der Waals surface area contributed by atoms with Crippen LogP contribution < -0.4 is 10.6 Å². The van der Waals surface area contributed by atoms with Crippen molar-refractivity contribution < 1.29 is 4.79 Å². The fourth-order valence-electron chi connectivity index (χ4n) is 2.99. The summed E-state index contributed by atoms with van der Waals surface area (Å²) in [6.07, 6.45) is 3.97. The molecule has 2 rings (SSSR count). The van der Waals surface area contributed by atoms with E-state index in [0.717, 1.165) is 38.8 Å². The van der Waals surface area contributed by atoms with Crippen LogP contribution in [0.3, 0.4) is 0 Å². The molecule has 0 radical (unpaired) electrons. The maximum absolute atomic E-state index is 12.4. The first-order valence-electron chi connectivity index (χ1n) is 7.84. The number of rotatable bonds is 5. The topological polar surface area (TPSA) is 49.6 Å². The Morgan fingerprint density at radius 3 is 2.39 bits per heavy atom. The Hall–Kier alpha value is -0.970. The number of anilines is 1. The molecule has 0 spiro atoms. The van der Waals surface area contributed by atoms with Gasteiger partial charge in [-0.05, 0) is 31.4 Å². The highest BCUT2D eigenvalue weighted by Gasteiger charge is 2.27. The summed E-state index contributed by atoms with van der Waals surface area (Å²) in [5, 5.41) is 0. The number of nitrogens with two attached hydrogens (primary N) is 1. The number of hydrogen-bond donors (Lipinski definition) is 1. The Labute approximate surface area is 152 Å². The number of benzene rings is 1. The maximum Gasteiger partial charge on any atom is 0.225 e. The zero-order valence-electron chi connectivity index (χ0n) is 14.0. The van der Waals surface area contributed by atoms with E-state index in [1.807, 2.05) is 30.1 Å². The molecule has 1 aromatic rings. The van der Waals surface area contributed by atoms with Crippen molar-refractivity contribution in [3.8, 4) is 0 Å². The molecule has 0 saturated heterocycles. The Balaban J connectivity index is 0.00000242. The second-order valence-corrected chi connectivity index (χ2v) is 6.14. The highest BCUT2D eigenvalue weighted by molar-refractivity contribution is 5.85. The fourth-order valence-corrected chi connectivity index (χ4v) is 2.99. The van der Waals surface area contributed by atoms with Crippen molar-refractivity contribution in [2.45, 2.75) is 31.7 Å². The molecule has 2 atom stereocenters. The van der Waals surface area contributed by atoms with Gasteiger partial charge in [0.05, 0.1) is 0 Å². The van der Waals surface area contributed by atoms with Gasteiger partial charge in [0.15, 0.2) is 0 Å². The molecule has 6 heteroatoms. The smallest absolute Gasteiger partial charge is 0.225 e. The summed E-state index contributed by atoms with van der Waals surface area (Å²) >= 11 is 0. The lowest BCUT2D eigenvalue weighted by molar-refractivity contribution is -0.135. The molecule has 0 aliphatic heterocycles. The molecule has 1 aromatic carbocycles. The molecular formula is C17H29Cl2N3O. The van der Waals surface area contributed by atoms with Crippen LogP contribution in [0.25, 0.3) is 0 Å². The standard InChI is InChI=1S/C17H27N3O.2ClH/c1-19(16-9-4-3-5-10-16)11-12-20(2)17(21)14-7-6-8-15(18)13-14;;/h3-5,9-10,14-15H,6-8,11-13,18H2,1-2H3;2*1H. The largest absolute Gasteiger partial charge is 0.373 e. The number of nitrogens with zero attached hydrogens (tertiary/aromatic N) is 2. The molecule has 0 bridgehead atoms. The van der Waals surface area contributed by atoms with Gasteiger partial charge in [-0.2, -0.15) is 0 Å². The summed E-state index contributed by atoms with van der Waals surface area (Å²) < 4.78 is 0. The minimum Gasteiger partial charge on any atom is -0.373 e. The van der Waals surface area contributed by atoms with Crippen LogP contribution in [0.4, 0.5) is 5.69 Å². The second kappa shape index (κ2) is 10.7. The van der Waals surface area contributed by atoms with Crippen LogP contribution in [0.15, 0.2) is 30.3 Å². The summed E-state index contributed by atoms with van der Waals surface area (Å²) in [6.45, 7) is 1.58. The van der Waals surface area contributed by atoms with E-state index in [-0.39, 0.29) is 42.7 Å². The Morgan fingerprint density at radius 1 is 1.13 bits per heavy atom. The van der Waals surface area contributed by atoms with Gasteiger partial charge in [0.2, 0.25) is 5.91 Å². The number of halogens is 2. The van der Waals surface area contributed by atoms with Gasteiger partial charge in [-0.15, -0.1) is 24.8 Å². The quantitative estimate of drug-likeness (QED) is 0.876. The maximum atomic E-state index is 12.4. The fraction of sp³-hybridized carbons (Fsp3) is 0.588. The average molecular weight is 362 g/mol. The predicted molar refractivity (Wildman–Crippen MR) is 102 cm³/mol.